The number of carboxylic acids is 1. The number of carbonyl (C=O) groups excluding carboxylic acids is 3. The molecule has 14 heteroatoms. The molecule has 0 saturated heterocycles. The van der Waals surface area contributed by atoms with Crippen LogP contribution < -0.4 is 33.2 Å². The highest BCUT2D eigenvalue weighted by Crippen LogP contribution is 2.11. The SMILES string of the molecule is CC(C)C(NC(=O)C(CS)NC(=O)C(N)Cc1ccc(O)cc1)C(=O)NC(CCCN=C(N)N)C(=O)O. The smallest absolute Gasteiger partial charge is 0.326 e. The predicted octanol–water partition coefficient (Wildman–Crippen LogP) is -1.56. The number of aliphatic imine (C=N–C) groups is 1. The van der Waals surface area contributed by atoms with Crippen LogP contribution in [0.2, 0.25) is 0 Å². The van der Waals surface area contributed by atoms with E-state index in [9.17, 15) is 29.4 Å². The summed E-state index contributed by atoms with van der Waals surface area (Å²) in [6, 6.07) is 1.85. The van der Waals surface area contributed by atoms with Crippen molar-refractivity contribution in [2.45, 2.75) is 57.3 Å². The largest absolute Gasteiger partial charge is 0.508 e. The molecule has 11 N–H and O–H groups in total. The van der Waals surface area contributed by atoms with E-state index in [1.165, 1.54) is 12.1 Å². The maximum Gasteiger partial charge on any atom is 0.326 e. The third kappa shape index (κ3) is 11.4. The van der Waals surface area contributed by atoms with Gasteiger partial charge in [-0.25, -0.2) is 4.79 Å². The molecule has 4 atom stereocenters. The van der Waals surface area contributed by atoms with Crippen molar-refractivity contribution in [3.05, 3.63) is 29.8 Å². The predicted molar refractivity (Wildman–Crippen MR) is 142 cm³/mol. The lowest BCUT2D eigenvalue weighted by molar-refractivity contribution is -0.142. The molecule has 0 heterocycles. The first-order valence-corrected chi connectivity index (χ1v) is 12.3. The van der Waals surface area contributed by atoms with Gasteiger partial charge in [0.1, 0.15) is 23.9 Å². The molecule has 0 bridgehead atoms. The van der Waals surface area contributed by atoms with Crippen LogP contribution in [0.15, 0.2) is 29.3 Å². The summed E-state index contributed by atoms with van der Waals surface area (Å²) < 4.78 is 0. The Kier molecular flexibility index (Phi) is 13.3. The Morgan fingerprint density at radius 1 is 0.973 bits per heavy atom. The van der Waals surface area contributed by atoms with Crippen molar-refractivity contribution in [1.82, 2.24) is 16.0 Å². The van der Waals surface area contributed by atoms with E-state index in [2.05, 4.69) is 33.6 Å². The van der Waals surface area contributed by atoms with Crippen LogP contribution in [0.1, 0.15) is 32.3 Å². The van der Waals surface area contributed by atoms with Gasteiger partial charge in [0, 0.05) is 12.3 Å². The first-order valence-electron chi connectivity index (χ1n) is 11.7. The number of carbonyl (C=O) groups is 4. The van der Waals surface area contributed by atoms with Crippen molar-refractivity contribution in [3.8, 4) is 5.75 Å². The lowest BCUT2D eigenvalue weighted by atomic mass is 10.0. The zero-order chi connectivity index (χ0) is 28.1. The van der Waals surface area contributed by atoms with Crippen LogP contribution in [0, 0.1) is 5.92 Å². The molecule has 0 saturated carbocycles. The number of amides is 3. The van der Waals surface area contributed by atoms with Crippen LogP contribution in [0.4, 0.5) is 0 Å². The van der Waals surface area contributed by atoms with Crippen LogP contribution in [-0.2, 0) is 25.6 Å². The lowest BCUT2D eigenvalue weighted by Gasteiger charge is -2.26. The quantitative estimate of drug-likeness (QED) is 0.0541. The molecule has 0 spiro atoms. The number of aromatic hydroxyl groups is 1. The monoisotopic (exact) mass is 539 g/mol. The first kappa shape index (κ1) is 31.5. The second kappa shape index (κ2) is 15.6. The van der Waals surface area contributed by atoms with Crippen molar-refractivity contribution >= 4 is 42.3 Å². The number of phenolic OH excluding ortho intramolecular Hbond substituents is 1. The Hall–Kier alpha value is -3.52. The van der Waals surface area contributed by atoms with Crippen LogP contribution in [0.25, 0.3) is 0 Å². The second-order valence-electron chi connectivity index (χ2n) is 8.80. The van der Waals surface area contributed by atoms with E-state index in [-0.39, 0.29) is 36.8 Å². The zero-order valence-corrected chi connectivity index (χ0v) is 21.8. The van der Waals surface area contributed by atoms with Gasteiger partial charge in [-0.2, -0.15) is 12.6 Å². The van der Waals surface area contributed by atoms with E-state index in [1.54, 1.807) is 26.0 Å². The van der Waals surface area contributed by atoms with E-state index >= 15 is 0 Å². The highest BCUT2D eigenvalue weighted by atomic mass is 32.1. The van der Waals surface area contributed by atoms with E-state index in [1.807, 2.05) is 0 Å². The molecular weight excluding hydrogens is 502 g/mol. The molecule has 0 aromatic heterocycles. The van der Waals surface area contributed by atoms with Gasteiger partial charge in [-0.3, -0.25) is 19.4 Å². The number of benzene rings is 1. The summed E-state index contributed by atoms with van der Waals surface area (Å²) in [5, 5.41) is 26.3. The molecule has 3 amide bonds. The van der Waals surface area contributed by atoms with Gasteiger partial charge in [-0.05, 0) is 42.9 Å². The number of nitrogens with zero attached hydrogens (tertiary/aromatic N) is 1. The average molecular weight is 540 g/mol. The number of hydrogen-bond donors (Lipinski definition) is 9. The van der Waals surface area contributed by atoms with Crippen LogP contribution in [-0.4, -0.2) is 76.3 Å². The molecule has 0 aliphatic heterocycles. The molecule has 0 fully saturated rings. The third-order valence-corrected chi connectivity index (χ3v) is 5.72. The Morgan fingerprint density at radius 2 is 1.57 bits per heavy atom. The fourth-order valence-corrected chi connectivity index (χ4v) is 3.52. The Morgan fingerprint density at radius 3 is 2.08 bits per heavy atom. The molecule has 1 aromatic carbocycles. The highest BCUT2D eigenvalue weighted by Gasteiger charge is 2.31. The Balaban J connectivity index is 2.77. The van der Waals surface area contributed by atoms with E-state index in [4.69, 9.17) is 17.2 Å². The van der Waals surface area contributed by atoms with Gasteiger partial charge in [0.05, 0.1) is 6.04 Å². The van der Waals surface area contributed by atoms with Crippen molar-refractivity contribution in [2.75, 3.05) is 12.3 Å². The summed E-state index contributed by atoms with van der Waals surface area (Å²) >= 11 is 4.13. The van der Waals surface area contributed by atoms with Gasteiger partial charge < -0.3 is 43.4 Å². The van der Waals surface area contributed by atoms with Gasteiger partial charge in [0.15, 0.2) is 5.96 Å². The molecule has 0 radical (unpaired) electrons. The van der Waals surface area contributed by atoms with Crippen LogP contribution >= 0.6 is 12.6 Å². The van der Waals surface area contributed by atoms with Gasteiger partial charge >= 0.3 is 5.97 Å². The minimum Gasteiger partial charge on any atom is -0.508 e. The molecule has 13 nitrogen and oxygen atoms in total. The number of phenols is 1. The minimum atomic E-state index is -1.24. The first-order chi connectivity index (χ1) is 17.3. The fourth-order valence-electron chi connectivity index (χ4n) is 3.26. The summed E-state index contributed by atoms with van der Waals surface area (Å²) in [6.07, 6.45) is 0.556. The lowest BCUT2D eigenvalue weighted by Crippen LogP contribution is -2.59. The van der Waals surface area contributed by atoms with E-state index < -0.39 is 53.8 Å². The summed E-state index contributed by atoms with van der Waals surface area (Å²) in [5.41, 5.74) is 17.2. The number of guanidine groups is 1. The van der Waals surface area contributed by atoms with E-state index in [0.717, 1.165) is 5.56 Å². The maximum atomic E-state index is 12.9. The van der Waals surface area contributed by atoms with Crippen molar-refractivity contribution in [2.24, 2.45) is 28.1 Å². The van der Waals surface area contributed by atoms with Crippen LogP contribution in [0.5, 0.6) is 5.75 Å². The number of rotatable bonds is 15. The van der Waals surface area contributed by atoms with E-state index in [0.29, 0.717) is 6.42 Å². The Bertz CT molecular complexity index is 953. The third-order valence-electron chi connectivity index (χ3n) is 5.35. The highest BCUT2D eigenvalue weighted by molar-refractivity contribution is 7.80. The molecule has 37 heavy (non-hydrogen) atoms. The summed E-state index contributed by atoms with van der Waals surface area (Å²) in [6.45, 7) is 3.56. The van der Waals surface area contributed by atoms with Gasteiger partial charge in [0.25, 0.3) is 0 Å². The van der Waals surface area contributed by atoms with Gasteiger partial charge in [-0.1, -0.05) is 26.0 Å². The van der Waals surface area contributed by atoms with Gasteiger partial charge in [-0.15, -0.1) is 0 Å². The standard InChI is InChI=1S/C23H37N7O6S/c1-12(2)18(21(34)28-16(22(35)36)4-3-9-27-23(25)26)30-20(33)17(11-37)29-19(32)15(24)10-13-5-7-14(31)8-6-13/h5-8,12,15-18,31,37H,3-4,9-11,24H2,1-2H3,(H,28,34)(H,29,32)(H,30,33)(H,35,36)(H4,25,26,27). The maximum absolute atomic E-state index is 12.9. The molecular formula is C23H37N7O6S. The van der Waals surface area contributed by atoms with Crippen molar-refractivity contribution in [1.29, 1.82) is 0 Å². The zero-order valence-electron chi connectivity index (χ0n) is 20.9. The minimum absolute atomic E-state index is 0.0710. The number of hydrogen-bond acceptors (Lipinski definition) is 8. The number of nitrogens with two attached hydrogens (primary N) is 3. The normalized spacial score (nSPS) is 14.1. The Labute approximate surface area is 221 Å². The summed E-state index contributed by atoms with van der Waals surface area (Å²) in [5.74, 6) is -3.70. The molecule has 0 aliphatic carbocycles. The summed E-state index contributed by atoms with van der Waals surface area (Å²) in [4.78, 5) is 53.6. The molecule has 4 unspecified atom stereocenters. The summed E-state index contributed by atoms with van der Waals surface area (Å²) in [7, 11) is 0. The fraction of sp³-hybridized carbons (Fsp3) is 0.522. The van der Waals surface area contributed by atoms with Crippen molar-refractivity contribution < 1.29 is 29.4 Å². The number of thiol groups is 1. The average Bonchev–Trinajstić information content (AvgIpc) is 2.83. The molecule has 1 aromatic rings. The van der Waals surface area contributed by atoms with Gasteiger partial charge in [0.2, 0.25) is 17.7 Å². The second-order valence-corrected chi connectivity index (χ2v) is 9.16. The topological polar surface area (TPSA) is 235 Å². The van der Waals surface area contributed by atoms with Crippen molar-refractivity contribution in [3.63, 3.8) is 0 Å². The molecule has 1 rings (SSSR count). The number of carboxylic acid groups (broad SMARTS) is 1. The van der Waals surface area contributed by atoms with Crippen LogP contribution in [0.3, 0.4) is 0 Å². The number of nitrogens with one attached hydrogen (secondary N) is 3. The molecule has 0 aliphatic rings. The molecule has 206 valence electrons. The number of aliphatic carboxylic acids is 1.